The summed E-state index contributed by atoms with van der Waals surface area (Å²) in [6, 6.07) is 12.8. The molecule has 2 aromatic heterocycles. The van der Waals surface area contributed by atoms with Gasteiger partial charge in [0, 0.05) is 17.5 Å². The fourth-order valence-corrected chi connectivity index (χ4v) is 3.76. The van der Waals surface area contributed by atoms with Crippen molar-refractivity contribution >= 4 is 40.8 Å². The Balaban J connectivity index is 1.82. The number of aromatic nitrogens is 2. The van der Waals surface area contributed by atoms with E-state index >= 15 is 0 Å². The van der Waals surface area contributed by atoms with Crippen LogP contribution >= 0.6 is 11.3 Å². The molecule has 9 nitrogen and oxygen atoms in total. The lowest BCUT2D eigenvalue weighted by Crippen LogP contribution is -2.43. The van der Waals surface area contributed by atoms with Gasteiger partial charge in [0.25, 0.3) is 11.5 Å². The molecule has 0 saturated carbocycles. The number of nitrogens with two attached hydrogens (primary N) is 1. The van der Waals surface area contributed by atoms with Crippen molar-refractivity contribution in [3.63, 3.8) is 0 Å². The monoisotopic (exact) mass is 468 g/mol. The summed E-state index contributed by atoms with van der Waals surface area (Å²) in [6.07, 6.45) is 3.32. The third-order valence-corrected chi connectivity index (χ3v) is 5.52. The lowest BCUT2D eigenvalue weighted by Gasteiger charge is -2.24. The minimum Gasteiger partial charge on any atom is -0.452 e. The van der Waals surface area contributed by atoms with Crippen LogP contribution in [0.25, 0.3) is 6.08 Å². The molecule has 0 radical (unpaired) electrons. The van der Waals surface area contributed by atoms with E-state index in [0.717, 1.165) is 15.3 Å². The number of H-pyrrole nitrogens is 1. The number of thiophene rings is 1. The minimum absolute atomic E-state index is 0.117. The van der Waals surface area contributed by atoms with E-state index in [4.69, 9.17) is 10.5 Å². The van der Waals surface area contributed by atoms with Gasteiger partial charge in [-0.05, 0) is 29.5 Å². The molecule has 10 heteroatoms. The Labute approximate surface area is 193 Å². The maximum absolute atomic E-state index is 12.9. The fourth-order valence-electron chi connectivity index (χ4n) is 3.14. The third kappa shape index (κ3) is 6.07. The van der Waals surface area contributed by atoms with Gasteiger partial charge in [-0.3, -0.25) is 19.1 Å². The van der Waals surface area contributed by atoms with Gasteiger partial charge in [0.2, 0.25) is 0 Å². The Kier molecular flexibility index (Phi) is 7.98. The first kappa shape index (κ1) is 23.7. The van der Waals surface area contributed by atoms with Crippen LogP contribution in [-0.4, -0.2) is 34.6 Å². The van der Waals surface area contributed by atoms with Crippen molar-refractivity contribution < 1.29 is 14.3 Å². The molecule has 0 aliphatic heterocycles. The number of esters is 1. The Morgan fingerprint density at radius 2 is 1.94 bits per heavy atom. The first-order valence-electron chi connectivity index (χ1n) is 10.3. The summed E-state index contributed by atoms with van der Waals surface area (Å²) in [7, 11) is 0. The molecular weight excluding hydrogens is 444 g/mol. The number of nitrogens with one attached hydrogen (secondary N) is 1. The number of ether oxygens (including phenoxy) is 1. The molecule has 0 aliphatic carbocycles. The van der Waals surface area contributed by atoms with Gasteiger partial charge in [-0.15, -0.1) is 11.3 Å². The summed E-state index contributed by atoms with van der Waals surface area (Å²) < 4.78 is 6.24. The third-order valence-electron chi connectivity index (χ3n) is 4.68. The predicted octanol–water partition coefficient (Wildman–Crippen LogP) is 2.23. The van der Waals surface area contributed by atoms with Gasteiger partial charge < -0.3 is 15.4 Å². The van der Waals surface area contributed by atoms with Crippen molar-refractivity contribution in [2.45, 2.75) is 19.9 Å². The number of hydrogen-bond acceptors (Lipinski definition) is 7. The normalized spacial score (nSPS) is 10.9. The zero-order valence-electron chi connectivity index (χ0n) is 18.0. The maximum Gasteiger partial charge on any atom is 0.331 e. The zero-order valence-corrected chi connectivity index (χ0v) is 18.8. The largest absolute Gasteiger partial charge is 0.452 e. The number of carbonyl (C=O) groups is 2. The van der Waals surface area contributed by atoms with E-state index < -0.39 is 29.7 Å². The Morgan fingerprint density at radius 1 is 1.18 bits per heavy atom. The summed E-state index contributed by atoms with van der Waals surface area (Å²) in [5, 5.41) is 1.87. The minimum atomic E-state index is -0.785. The average molecular weight is 469 g/mol. The summed E-state index contributed by atoms with van der Waals surface area (Å²) in [5.41, 5.74) is 5.37. The molecule has 33 heavy (non-hydrogen) atoms. The standard InChI is InChI=1S/C23H24N4O5S/c1-2-12-26(18(28)15-32-19(29)11-10-17-9-6-13-33-17)20-21(24)27(23(31)25-22(20)30)14-16-7-4-3-5-8-16/h3-11,13H,2,12,14-15,24H2,1H3,(H,25,30,31)/b11-10+. The van der Waals surface area contributed by atoms with Crippen LogP contribution in [0.1, 0.15) is 23.8 Å². The van der Waals surface area contributed by atoms with Crippen LogP contribution in [0.15, 0.2) is 63.5 Å². The highest BCUT2D eigenvalue weighted by atomic mass is 32.1. The van der Waals surface area contributed by atoms with Crippen LogP contribution in [0, 0.1) is 0 Å². The van der Waals surface area contributed by atoms with Crippen molar-refractivity contribution in [3.05, 3.63) is 85.2 Å². The Bertz CT molecular complexity index is 1250. The topological polar surface area (TPSA) is 127 Å². The highest BCUT2D eigenvalue weighted by Gasteiger charge is 2.24. The molecule has 3 aromatic rings. The number of amides is 1. The molecule has 0 spiro atoms. The van der Waals surface area contributed by atoms with E-state index in [1.807, 2.05) is 54.8 Å². The number of benzene rings is 1. The molecule has 3 rings (SSSR count). The quantitative estimate of drug-likeness (QED) is 0.366. The fraction of sp³-hybridized carbons (Fsp3) is 0.217. The van der Waals surface area contributed by atoms with Crippen molar-refractivity contribution in [1.29, 1.82) is 0 Å². The van der Waals surface area contributed by atoms with Gasteiger partial charge in [0.05, 0.1) is 6.54 Å². The highest BCUT2D eigenvalue weighted by molar-refractivity contribution is 7.10. The predicted molar refractivity (Wildman–Crippen MR) is 128 cm³/mol. The maximum atomic E-state index is 12.9. The molecule has 172 valence electrons. The molecule has 1 aromatic carbocycles. The van der Waals surface area contributed by atoms with Crippen LogP contribution in [0.5, 0.6) is 0 Å². The van der Waals surface area contributed by atoms with E-state index in [9.17, 15) is 19.2 Å². The van der Waals surface area contributed by atoms with Crippen LogP contribution in [0.4, 0.5) is 11.5 Å². The molecule has 0 aliphatic rings. The number of aromatic amines is 1. The van der Waals surface area contributed by atoms with Gasteiger partial charge in [-0.1, -0.05) is 43.3 Å². The molecule has 0 bridgehead atoms. The highest BCUT2D eigenvalue weighted by Crippen LogP contribution is 2.18. The van der Waals surface area contributed by atoms with Crippen LogP contribution in [0.3, 0.4) is 0 Å². The SMILES string of the molecule is CCCN(C(=O)COC(=O)/C=C/c1cccs1)c1c(N)n(Cc2ccccc2)c(=O)[nH]c1=O. The number of carbonyl (C=O) groups excluding carboxylic acids is 2. The van der Waals surface area contributed by atoms with Gasteiger partial charge >= 0.3 is 11.7 Å². The lowest BCUT2D eigenvalue weighted by atomic mass is 10.2. The Hall–Kier alpha value is -3.92. The molecule has 0 unspecified atom stereocenters. The second-order valence-electron chi connectivity index (χ2n) is 7.07. The molecule has 2 heterocycles. The summed E-state index contributed by atoms with van der Waals surface area (Å²) in [6.45, 7) is 1.51. The van der Waals surface area contributed by atoms with Gasteiger partial charge in [-0.2, -0.15) is 0 Å². The lowest BCUT2D eigenvalue weighted by molar-refractivity contribution is -0.142. The second-order valence-corrected chi connectivity index (χ2v) is 8.05. The first-order valence-corrected chi connectivity index (χ1v) is 11.1. The summed E-state index contributed by atoms with van der Waals surface area (Å²) in [4.78, 5) is 54.1. The smallest absolute Gasteiger partial charge is 0.331 e. The van der Waals surface area contributed by atoms with E-state index in [-0.39, 0.29) is 24.6 Å². The second kappa shape index (κ2) is 11.1. The summed E-state index contributed by atoms with van der Waals surface area (Å²) >= 11 is 1.45. The van der Waals surface area contributed by atoms with Gasteiger partial charge in [0.15, 0.2) is 12.3 Å². The number of nitrogens with zero attached hydrogens (tertiary/aromatic N) is 2. The number of hydrogen-bond donors (Lipinski definition) is 2. The number of nitrogen functional groups attached to an aromatic ring is 1. The average Bonchev–Trinajstić information content (AvgIpc) is 3.32. The molecule has 1 amide bonds. The van der Waals surface area contributed by atoms with Crippen molar-refractivity contribution in [2.24, 2.45) is 0 Å². The van der Waals surface area contributed by atoms with E-state index in [1.54, 1.807) is 6.08 Å². The summed E-state index contributed by atoms with van der Waals surface area (Å²) in [5.74, 6) is -1.46. The number of anilines is 2. The van der Waals surface area contributed by atoms with E-state index in [1.165, 1.54) is 22.0 Å². The van der Waals surface area contributed by atoms with Crippen molar-refractivity contribution in [2.75, 3.05) is 23.8 Å². The number of rotatable bonds is 9. The molecule has 0 atom stereocenters. The Morgan fingerprint density at radius 3 is 2.61 bits per heavy atom. The molecular formula is C23H24N4O5S. The van der Waals surface area contributed by atoms with Crippen LogP contribution in [-0.2, 0) is 20.9 Å². The van der Waals surface area contributed by atoms with Crippen LogP contribution in [0.2, 0.25) is 0 Å². The van der Waals surface area contributed by atoms with Gasteiger partial charge in [0.1, 0.15) is 5.82 Å². The zero-order chi connectivity index (χ0) is 23.8. The molecule has 0 saturated heterocycles. The van der Waals surface area contributed by atoms with Crippen molar-refractivity contribution in [1.82, 2.24) is 9.55 Å². The molecule has 0 fully saturated rings. The van der Waals surface area contributed by atoms with Gasteiger partial charge in [-0.25, -0.2) is 9.59 Å². The molecule has 3 N–H and O–H groups in total. The van der Waals surface area contributed by atoms with Crippen LogP contribution < -0.4 is 21.9 Å². The van der Waals surface area contributed by atoms with E-state index in [2.05, 4.69) is 4.98 Å². The van der Waals surface area contributed by atoms with E-state index in [0.29, 0.717) is 6.42 Å². The van der Waals surface area contributed by atoms with Crippen molar-refractivity contribution in [3.8, 4) is 0 Å². The first-order chi connectivity index (χ1) is 15.9.